The van der Waals surface area contributed by atoms with Crippen molar-refractivity contribution >= 4 is 34.4 Å². The number of carbonyl (C=O) groups excluding carboxylic acids is 1. The number of benzene rings is 1. The summed E-state index contributed by atoms with van der Waals surface area (Å²) >= 11 is 0. The van der Waals surface area contributed by atoms with E-state index in [9.17, 15) is 22.9 Å². The normalized spacial score (nSPS) is 17.6. The molecule has 1 amide bonds. The molecule has 3 rings (SSSR count). The summed E-state index contributed by atoms with van der Waals surface area (Å²) in [7, 11) is -5.58. The van der Waals surface area contributed by atoms with Crippen molar-refractivity contribution in [3.63, 3.8) is 0 Å². The van der Waals surface area contributed by atoms with Gasteiger partial charge in [-0.05, 0) is 30.0 Å². The molecule has 1 fully saturated rings. The van der Waals surface area contributed by atoms with Gasteiger partial charge in [0.1, 0.15) is 11.8 Å². The second-order valence-corrected chi connectivity index (χ2v) is 12.5. The van der Waals surface area contributed by atoms with Gasteiger partial charge in [0.25, 0.3) is 7.37 Å². The minimum Gasteiger partial charge on any atom is -0.386 e. The van der Waals surface area contributed by atoms with Crippen LogP contribution in [0.25, 0.3) is 0 Å². The van der Waals surface area contributed by atoms with Gasteiger partial charge in [0.2, 0.25) is 5.91 Å². The molecule has 1 saturated carbocycles. The van der Waals surface area contributed by atoms with Crippen molar-refractivity contribution in [3.05, 3.63) is 42.2 Å². The number of nitrogens with zero attached hydrogens (tertiary/aromatic N) is 2. The van der Waals surface area contributed by atoms with Crippen molar-refractivity contribution in [1.82, 2.24) is 9.97 Å². The third-order valence-corrected chi connectivity index (χ3v) is 8.81. The molecule has 9 nitrogen and oxygen atoms in total. The van der Waals surface area contributed by atoms with Crippen LogP contribution in [0.1, 0.15) is 43.6 Å². The van der Waals surface area contributed by atoms with Gasteiger partial charge in [-0.25, -0.2) is 18.4 Å². The number of aliphatic hydroxyl groups is 1. The number of hydrogen-bond acceptors (Lipinski definition) is 8. The van der Waals surface area contributed by atoms with Gasteiger partial charge in [0.05, 0.1) is 23.2 Å². The number of anilines is 1. The molecule has 1 aliphatic carbocycles. The highest BCUT2D eigenvalue weighted by molar-refractivity contribution is 7.90. The van der Waals surface area contributed by atoms with Crippen molar-refractivity contribution in [2.75, 3.05) is 25.0 Å². The maximum absolute atomic E-state index is 13.2. The topological polar surface area (TPSA) is 136 Å². The molecule has 1 aromatic heterocycles. The van der Waals surface area contributed by atoms with E-state index in [1.807, 2.05) is 0 Å². The molecule has 0 spiro atoms. The standard InChI is InChI=1S/C21H28N3O6PS/c1-30-31(27,14-25)20-13-22-19(12-23-20)24-21(26)18(11-15-5-3-4-6-15)16-7-9-17(10-8-16)32(2,28)29/h7-10,12-13,15,18,25H,3-6,11,14H2,1-2H3,(H,22,24,26)/t18-,31?/m1/s1. The van der Waals surface area contributed by atoms with Crippen LogP contribution in [-0.2, 0) is 23.7 Å². The summed E-state index contributed by atoms with van der Waals surface area (Å²) in [5, 5.41) is 12.0. The molecule has 2 atom stereocenters. The average molecular weight is 482 g/mol. The van der Waals surface area contributed by atoms with E-state index >= 15 is 0 Å². The van der Waals surface area contributed by atoms with Crippen LogP contribution in [0.3, 0.4) is 0 Å². The largest absolute Gasteiger partial charge is 0.386 e. The first-order valence-corrected chi connectivity index (χ1v) is 14.1. The minimum absolute atomic E-state index is 0.0133. The molecule has 1 heterocycles. The van der Waals surface area contributed by atoms with Crippen molar-refractivity contribution in [2.45, 2.75) is 42.9 Å². The number of aliphatic hydroxyl groups excluding tert-OH is 1. The van der Waals surface area contributed by atoms with Crippen LogP contribution in [0, 0.1) is 5.92 Å². The van der Waals surface area contributed by atoms with Gasteiger partial charge in [-0.2, -0.15) is 0 Å². The number of aromatic nitrogens is 2. The highest BCUT2D eigenvalue weighted by atomic mass is 32.2. The Labute approximate surface area is 188 Å². The predicted molar refractivity (Wildman–Crippen MR) is 121 cm³/mol. The zero-order valence-corrected chi connectivity index (χ0v) is 19.8. The van der Waals surface area contributed by atoms with E-state index in [1.165, 1.54) is 31.6 Å². The lowest BCUT2D eigenvalue weighted by Gasteiger charge is -2.21. The lowest BCUT2D eigenvalue weighted by Crippen LogP contribution is -2.24. The van der Waals surface area contributed by atoms with Crippen LogP contribution in [0.5, 0.6) is 0 Å². The Morgan fingerprint density at radius 2 is 1.88 bits per heavy atom. The monoisotopic (exact) mass is 481 g/mol. The summed E-state index contributed by atoms with van der Waals surface area (Å²) in [6.07, 6.45) is 7.99. The second kappa shape index (κ2) is 10.2. The van der Waals surface area contributed by atoms with Gasteiger partial charge in [0.15, 0.2) is 15.7 Å². The molecule has 2 N–H and O–H groups in total. The number of sulfone groups is 1. The SMILES string of the molecule is COP(=O)(CO)c1cnc(NC(=O)[C@H](CC2CCCC2)c2ccc(S(C)(=O)=O)cc2)cn1. The Morgan fingerprint density at radius 3 is 2.38 bits per heavy atom. The van der Waals surface area contributed by atoms with E-state index in [4.69, 9.17) is 4.52 Å². The van der Waals surface area contributed by atoms with E-state index in [2.05, 4.69) is 15.3 Å². The van der Waals surface area contributed by atoms with Gasteiger partial charge in [-0.3, -0.25) is 9.36 Å². The molecular formula is C21H28N3O6PS. The van der Waals surface area contributed by atoms with Gasteiger partial charge < -0.3 is 14.9 Å². The highest BCUT2D eigenvalue weighted by Gasteiger charge is 2.28. The van der Waals surface area contributed by atoms with Crippen molar-refractivity contribution in [1.29, 1.82) is 0 Å². The Hall–Kier alpha value is -2.13. The fraction of sp³-hybridized carbons (Fsp3) is 0.476. The summed E-state index contributed by atoms with van der Waals surface area (Å²) in [4.78, 5) is 21.5. The maximum Gasteiger partial charge on any atom is 0.275 e. The Kier molecular flexibility index (Phi) is 7.82. The van der Waals surface area contributed by atoms with Gasteiger partial charge in [0, 0.05) is 13.4 Å². The Bertz CT molecular complexity index is 1080. The zero-order valence-electron chi connectivity index (χ0n) is 18.1. The van der Waals surface area contributed by atoms with Gasteiger partial charge in [-0.1, -0.05) is 37.8 Å². The summed E-state index contributed by atoms with van der Waals surface area (Å²) in [6.45, 7) is 0. The summed E-state index contributed by atoms with van der Waals surface area (Å²) < 4.78 is 40.8. The molecule has 2 aromatic rings. The predicted octanol–water partition coefficient (Wildman–Crippen LogP) is 2.68. The van der Waals surface area contributed by atoms with Crippen LogP contribution in [0.4, 0.5) is 5.82 Å². The smallest absolute Gasteiger partial charge is 0.275 e. The molecule has 0 saturated heterocycles. The van der Waals surface area contributed by atoms with Gasteiger partial charge >= 0.3 is 0 Å². The average Bonchev–Trinajstić information content (AvgIpc) is 3.30. The summed E-state index contributed by atoms with van der Waals surface area (Å²) in [5.74, 6) is -0.145. The van der Waals surface area contributed by atoms with E-state index < -0.39 is 29.5 Å². The third kappa shape index (κ3) is 5.81. The lowest BCUT2D eigenvalue weighted by atomic mass is 9.87. The summed E-state index contributed by atoms with van der Waals surface area (Å²) in [6, 6.07) is 6.40. The van der Waals surface area contributed by atoms with E-state index in [0.717, 1.165) is 37.5 Å². The maximum atomic E-state index is 13.2. The van der Waals surface area contributed by atoms with Crippen molar-refractivity contribution in [3.8, 4) is 0 Å². The number of hydrogen-bond donors (Lipinski definition) is 2. The quantitative estimate of drug-likeness (QED) is 0.522. The molecule has 0 aliphatic heterocycles. The first-order chi connectivity index (χ1) is 15.2. The molecule has 1 aromatic carbocycles. The van der Waals surface area contributed by atoms with E-state index in [-0.39, 0.29) is 22.1 Å². The first kappa shape index (κ1) is 24.5. The zero-order chi connectivity index (χ0) is 23.4. The number of carbonyl (C=O) groups is 1. The second-order valence-electron chi connectivity index (χ2n) is 8.03. The summed E-state index contributed by atoms with van der Waals surface area (Å²) in [5.41, 5.74) is 0.745. The van der Waals surface area contributed by atoms with Crippen LogP contribution in [0.15, 0.2) is 41.6 Å². The number of rotatable bonds is 9. The lowest BCUT2D eigenvalue weighted by molar-refractivity contribution is -0.118. The third-order valence-electron chi connectivity index (χ3n) is 5.79. The van der Waals surface area contributed by atoms with E-state index in [0.29, 0.717) is 12.3 Å². The van der Waals surface area contributed by atoms with Crippen molar-refractivity contribution < 1.29 is 27.4 Å². The van der Waals surface area contributed by atoms with Gasteiger partial charge in [-0.15, -0.1) is 0 Å². The molecule has 32 heavy (non-hydrogen) atoms. The molecular weight excluding hydrogens is 453 g/mol. The molecule has 1 unspecified atom stereocenters. The molecule has 0 bridgehead atoms. The van der Waals surface area contributed by atoms with Crippen LogP contribution in [0.2, 0.25) is 0 Å². The fourth-order valence-corrected chi connectivity index (χ4v) is 5.47. The fourth-order valence-electron chi connectivity index (χ4n) is 3.92. The minimum atomic E-state index is -3.47. The van der Waals surface area contributed by atoms with E-state index in [1.54, 1.807) is 12.1 Å². The molecule has 174 valence electrons. The molecule has 1 aliphatic rings. The Morgan fingerprint density at radius 1 is 1.22 bits per heavy atom. The number of amides is 1. The molecule has 11 heteroatoms. The van der Waals surface area contributed by atoms with Crippen LogP contribution < -0.4 is 10.8 Å². The molecule has 0 radical (unpaired) electrons. The van der Waals surface area contributed by atoms with Crippen molar-refractivity contribution in [2.24, 2.45) is 5.92 Å². The number of nitrogens with one attached hydrogen (secondary N) is 1. The Balaban J connectivity index is 1.81. The van der Waals surface area contributed by atoms with Crippen LogP contribution >= 0.6 is 7.37 Å². The van der Waals surface area contributed by atoms with Crippen LogP contribution in [-0.4, -0.2) is 49.1 Å². The highest BCUT2D eigenvalue weighted by Crippen LogP contribution is 2.42. The first-order valence-electron chi connectivity index (χ1n) is 10.4.